The fourth-order valence-corrected chi connectivity index (χ4v) is 0.939. The Morgan fingerprint density at radius 1 is 1.41 bits per heavy atom. The maximum atomic E-state index is 11.4. The van der Waals surface area contributed by atoms with Crippen LogP contribution in [-0.4, -0.2) is 35.9 Å². The molecular weight excluding hydrogens is 224 g/mol. The summed E-state index contributed by atoms with van der Waals surface area (Å²) in [6.07, 6.45) is 0.547. The second kappa shape index (κ2) is 7.67. The van der Waals surface area contributed by atoms with E-state index in [4.69, 9.17) is 0 Å². The normalized spacial score (nSPS) is 14.8. The summed E-state index contributed by atoms with van der Waals surface area (Å²) in [4.78, 5) is 22.4. The van der Waals surface area contributed by atoms with Crippen LogP contribution in [0.3, 0.4) is 0 Å². The number of rotatable bonds is 5. The van der Waals surface area contributed by atoms with Gasteiger partial charge in [0.05, 0.1) is 18.8 Å². The Bertz CT molecular complexity index is 300. The number of hydrogen-bond acceptors (Lipinski definition) is 4. The van der Waals surface area contributed by atoms with Crippen LogP contribution < -0.4 is 10.6 Å². The molecule has 17 heavy (non-hydrogen) atoms. The van der Waals surface area contributed by atoms with Crippen molar-refractivity contribution in [1.82, 2.24) is 10.6 Å². The number of aliphatic hydroxyl groups is 1. The zero-order valence-electron chi connectivity index (χ0n) is 10.6. The third-order valence-electron chi connectivity index (χ3n) is 2.01. The molecule has 0 radical (unpaired) electrons. The van der Waals surface area contributed by atoms with Gasteiger partial charge in [-0.3, -0.25) is 0 Å². The van der Waals surface area contributed by atoms with Crippen LogP contribution in [0.5, 0.6) is 0 Å². The molecule has 0 aromatic heterocycles. The molecule has 0 saturated carbocycles. The average molecular weight is 244 g/mol. The fourth-order valence-electron chi connectivity index (χ4n) is 0.939. The minimum atomic E-state index is -0.643. The molecule has 0 aromatic carbocycles. The predicted molar refractivity (Wildman–Crippen MR) is 63.2 cm³/mol. The molecule has 0 heterocycles. The van der Waals surface area contributed by atoms with E-state index in [1.54, 1.807) is 27.7 Å². The third kappa shape index (κ3) is 7.35. The topological polar surface area (TPSA) is 87.7 Å². The summed E-state index contributed by atoms with van der Waals surface area (Å²) in [7, 11) is 0. The molecule has 2 unspecified atom stereocenters. The van der Waals surface area contributed by atoms with E-state index in [0.717, 1.165) is 0 Å². The molecule has 0 rings (SSSR count). The monoisotopic (exact) mass is 244 g/mol. The van der Waals surface area contributed by atoms with Crippen LogP contribution in [0.25, 0.3) is 0 Å². The summed E-state index contributed by atoms with van der Waals surface area (Å²) < 4.78 is 4.69. The highest BCUT2D eigenvalue weighted by atomic mass is 16.5. The number of urea groups is 1. The lowest BCUT2D eigenvalue weighted by Crippen LogP contribution is -2.44. The molecule has 2 amide bonds. The molecule has 0 spiro atoms. The van der Waals surface area contributed by atoms with E-state index in [0.29, 0.717) is 5.70 Å². The zero-order valence-corrected chi connectivity index (χ0v) is 10.6. The first kappa shape index (κ1) is 15.4. The molecule has 6 heteroatoms. The molecule has 6 nitrogen and oxygen atoms in total. The molecule has 0 aliphatic carbocycles. The van der Waals surface area contributed by atoms with Gasteiger partial charge in [0.2, 0.25) is 0 Å². The van der Waals surface area contributed by atoms with Crippen molar-refractivity contribution >= 4 is 12.0 Å². The molecule has 0 saturated heterocycles. The summed E-state index contributed by atoms with van der Waals surface area (Å²) >= 11 is 0. The predicted octanol–water partition coefficient (Wildman–Crippen LogP) is 0.522. The minimum absolute atomic E-state index is 0.286. The first-order valence-corrected chi connectivity index (χ1v) is 5.47. The Morgan fingerprint density at radius 2 is 2.00 bits per heavy atom. The minimum Gasteiger partial charge on any atom is -0.463 e. The van der Waals surface area contributed by atoms with Gasteiger partial charge in [-0.1, -0.05) is 0 Å². The second-order valence-corrected chi connectivity index (χ2v) is 3.71. The number of hydrogen-bond donors (Lipinski definition) is 3. The van der Waals surface area contributed by atoms with Crippen molar-refractivity contribution < 1.29 is 19.4 Å². The van der Waals surface area contributed by atoms with E-state index in [-0.39, 0.29) is 12.6 Å². The zero-order chi connectivity index (χ0) is 13.4. The molecule has 0 aliphatic rings. The van der Waals surface area contributed by atoms with Gasteiger partial charge in [-0.15, -0.1) is 0 Å². The van der Waals surface area contributed by atoms with Crippen LogP contribution in [0.2, 0.25) is 0 Å². The quantitative estimate of drug-likeness (QED) is 0.486. The number of aliphatic hydroxyl groups excluding tert-OH is 1. The SMILES string of the molecule is CCOC(=O)/C=C(\C)NC(=O)NC(C)C(C)O. The fraction of sp³-hybridized carbons (Fsp3) is 0.636. The van der Waals surface area contributed by atoms with Gasteiger partial charge in [-0.05, 0) is 27.7 Å². The Kier molecular flexibility index (Phi) is 6.97. The summed E-state index contributed by atoms with van der Waals surface area (Å²) in [5.74, 6) is -0.506. The van der Waals surface area contributed by atoms with Gasteiger partial charge in [-0.2, -0.15) is 0 Å². The van der Waals surface area contributed by atoms with Gasteiger partial charge >= 0.3 is 12.0 Å². The van der Waals surface area contributed by atoms with Crippen molar-refractivity contribution in [3.8, 4) is 0 Å². The molecule has 2 atom stereocenters. The van der Waals surface area contributed by atoms with Gasteiger partial charge in [0.25, 0.3) is 0 Å². The largest absolute Gasteiger partial charge is 0.463 e. The highest BCUT2D eigenvalue weighted by molar-refractivity contribution is 5.84. The smallest absolute Gasteiger partial charge is 0.332 e. The van der Waals surface area contributed by atoms with E-state index >= 15 is 0 Å². The number of amides is 2. The van der Waals surface area contributed by atoms with Crippen LogP contribution in [0.4, 0.5) is 4.79 Å². The van der Waals surface area contributed by atoms with Crippen molar-refractivity contribution in [3.05, 3.63) is 11.8 Å². The standard InChI is InChI=1S/C11H20N2O4/c1-5-17-10(15)6-7(2)12-11(16)13-8(3)9(4)14/h6,8-9,14H,5H2,1-4H3,(H2,12,13,16)/b7-6+. The van der Waals surface area contributed by atoms with E-state index in [1.165, 1.54) is 6.08 Å². The molecule has 0 fully saturated rings. The second-order valence-electron chi connectivity index (χ2n) is 3.71. The van der Waals surface area contributed by atoms with Crippen LogP contribution >= 0.6 is 0 Å². The van der Waals surface area contributed by atoms with Gasteiger partial charge in [-0.25, -0.2) is 9.59 Å². The van der Waals surface area contributed by atoms with Crippen LogP contribution in [0.1, 0.15) is 27.7 Å². The lowest BCUT2D eigenvalue weighted by molar-refractivity contribution is -0.137. The lowest BCUT2D eigenvalue weighted by atomic mass is 10.2. The Labute approximate surface area is 101 Å². The van der Waals surface area contributed by atoms with E-state index in [2.05, 4.69) is 15.4 Å². The Morgan fingerprint density at radius 3 is 2.47 bits per heavy atom. The maximum absolute atomic E-state index is 11.4. The van der Waals surface area contributed by atoms with E-state index in [1.807, 2.05) is 0 Å². The van der Waals surface area contributed by atoms with Crippen LogP contribution in [-0.2, 0) is 9.53 Å². The number of nitrogens with one attached hydrogen (secondary N) is 2. The lowest BCUT2D eigenvalue weighted by Gasteiger charge is -2.17. The average Bonchev–Trinajstić information content (AvgIpc) is 2.16. The van der Waals surface area contributed by atoms with E-state index in [9.17, 15) is 14.7 Å². The van der Waals surface area contributed by atoms with Crippen LogP contribution in [0.15, 0.2) is 11.8 Å². The molecule has 98 valence electrons. The summed E-state index contributed by atoms with van der Waals surface area (Å²) in [5.41, 5.74) is 0.374. The number of carbonyl (C=O) groups is 2. The Balaban J connectivity index is 4.16. The van der Waals surface area contributed by atoms with Crippen molar-refractivity contribution in [3.63, 3.8) is 0 Å². The van der Waals surface area contributed by atoms with Crippen molar-refractivity contribution in [2.24, 2.45) is 0 Å². The van der Waals surface area contributed by atoms with Gasteiger partial charge in [0, 0.05) is 11.8 Å². The summed E-state index contributed by atoms with van der Waals surface area (Å²) in [5, 5.41) is 14.2. The highest BCUT2D eigenvalue weighted by Gasteiger charge is 2.11. The van der Waals surface area contributed by atoms with Crippen LogP contribution in [0, 0.1) is 0 Å². The number of esters is 1. The Hall–Kier alpha value is -1.56. The summed E-state index contributed by atoms with van der Waals surface area (Å²) in [6, 6.07) is -0.846. The summed E-state index contributed by atoms with van der Waals surface area (Å²) in [6.45, 7) is 6.81. The maximum Gasteiger partial charge on any atom is 0.332 e. The highest BCUT2D eigenvalue weighted by Crippen LogP contribution is 1.93. The van der Waals surface area contributed by atoms with Crippen molar-refractivity contribution in [2.75, 3.05) is 6.61 Å². The van der Waals surface area contributed by atoms with Crippen molar-refractivity contribution in [2.45, 2.75) is 39.8 Å². The number of ether oxygens (including phenoxy) is 1. The van der Waals surface area contributed by atoms with Crippen molar-refractivity contribution in [1.29, 1.82) is 0 Å². The molecule has 0 bridgehead atoms. The molecule has 0 aromatic rings. The number of allylic oxidation sites excluding steroid dienone is 1. The van der Waals surface area contributed by atoms with E-state index < -0.39 is 18.1 Å². The number of carbonyl (C=O) groups excluding carboxylic acids is 2. The van der Waals surface area contributed by atoms with Gasteiger partial charge in [0.1, 0.15) is 0 Å². The third-order valence-corrected chi connectivity index (χ3v) is 2.01. The van der Waals surface area contributed by atoms with Gasteiger partial charge in [0.15, 0.2) is 0 Å². The van der Waals surface area contributed by atoms with Gasteiger partial charge < -0.3 is 20.5 Å². The molecule has 3 N–H and O–H groups in total. The first-order chi connectivity index (χ1) is 7.86. The molecule has 0 aliphatic heterocycles. The molecular formula is C11H20N2O4. The first-order valence-electron chi connectivity index (χ1n) is 5.47.